The molecule has 0 atom stereocenters. The lowest BCUT2D eigenvalue weighted by atomic mass is 9.90. The van der Waals surface area contributed by atoms with Crippen molar-refractivity contribution in [1.29, 1.82) is 0 Å². The first kappa shape index (κ1) is 19.7. The highest BCUT2D eigenvalue weighted by atomic mass is 16.1. The van der Waals surface area contributed by atoms with Crippen molar-refractivity contribution in [2.24, 2.45) is 0 Å². The van der Waals surface area contributed by atoms with Crippen LogP contribution in [0.5, 0.6) is 0 Å². The van der Waals surface area contributed by atoms with Crippen molar-refractivity contribution < 1.29 is 9.59 Å². The SMILES string of the molecule is Cc1cc(-c2ccccc2)c(NC2=CC(=O)c3ccccc3C2=O)c(-c2ccccc2)c1. The smallest absolute Gasteiger partial charge is 0.210 e. The molecule has 0 fully saturated rings. The molecule has 0 amide bonds. The van der Waals surface area contributed by atoms with Gasteiger partial charge in [-0.2, -0.15) is 0 Å². The van der Waals surface area contributed by atoms with Gasteiger partial charge in [0.15, 0.2) is 5.78 Å². The van der Waals surface area contributed by atoms with Crippen LogP contribution in [-0.2, 0) is 0 Å². The van der Waals surface area contributed by atoms with Gasteiger partial charge in [0, 0.05) is 28.3 Å². The molecule has 32 heavy (non-hydrogen) atoms. The maximum Gasteiger partial charge on any atom is 0.210 e. The second kappa shape index (κ2) is 8.12. The van der Waals surface area contributed by atoms with Gasteiger partial charge >= 0.3 is 0 Å². The zero-order valence-corrected chi connectivity index (χ0v) is 17.6. The quantitative estimate of drug-likeness (QED) is 0.403. The summed E-state index contributed by atoms with van der Waals surface area (Å²) in [4.78, 5) is 26.0. The van der Waals surface area contributed by atoms with Crippen LogP contribution in [0.3, 0.4) is 0 Å². The normalized spacial score (nSPS) is 12.8. The summed E-state index contributed by atoms with van der Waals surface area (Å²) in [6.07, 6.45) is 1.41. The van der Waals surface area contributed by atoms with E-state index < -0.39 is 0 Å². The van der Waals surface area contributed by atoms with Crippen molar-refractivity contribution in [3.05, 3.63) is 126 Å². The number of benzene rings is 4. The van der Waals surface area contributed by atoms with E-state index in [2.05, 4.69) is 24.4 Å². The average molecular weight is 415 g/mol. The molecule has 3 nitrogen and oxygen atoms in total. The van der Waals surface area contributed by atoms with Crippen molar-refractivity contribution >= 4 is 17.3 Å². The Bertz CT molecular complexity index is 1310. The van der Waals surface area contributed by atoms with Crippen LogP contribution in [0, 0.1) is 6.92 Å². The molecule has 1 aliphatic carbocycles. The Morgan fingerprint density at radius 1 is 0.594 bits per heavy atom. The number of Topliss-reactive ketones (excluding diaryl/α,β-unsaturated/α-hetero) is 1. The molecule has 1 N–H and O–H groups in total. The van der Waals surface area contributed by atoms with Crippen molar-refractivity contribution in [3.8, 4) is 22.3 Å². The Kier molecular flexibility index (Phi) is 5.00. The van der Waals surface area contributed by atoms with Crippen LogP contribution in [0.1, 0.15) is 26.3 Å². The summed E-state index contributed by atoms with van der Waals surface area (Å²) in [7, 11) is 0. The lowest BCUT2D eigenvalue weighted by Crippen LogP contribution is -2.22. The summed E-state index contributed by atoms with van der Waals surface area (Å²) in [5, 5.41) is 3.35. The molecule has 0 heterocycles. The van der Waals surface area contributed by atoms with E-state index in [4.69, 9.17) is 0 Å². The summed E-state index contributed by atoms with van der Waals surface area (Å²) in [5.41, 5.74) is 7.09. The van der Waals surface area contributed by atoms with Gasteiger partial charge in [-0.3, -0.25) is 9.59 Å². The van der Waals surface area contributed by atoms with Gasteiger partial charge in [-0.25, -0.2) is 0 Å². The lowest BCUT2D eigenvalue weighted by Gasteiger charge is -2.22. The Balaban J connectivity index is 1.70. The van der Waals surface area contributed by atoms with E-state index in [0.717, 1.165) is 33.5 Å². The Labute approximate surface area is 187 Å². The van der Waals surface area contributed by atoms with Crippen molar-refractivity contribution in [1.82, 2.24) is 0 Å². The Hall–Kier alpha value is -4.24. The predicted octanol–water partition coefficient (Wildman–Crippen LogP) is 6.70. The third-order valence-corrected chi connectivity index (χ3v) is 5.67. The maximum atomic E-state index is 13.2. The summed E-state index contributed by atoms with van der Waals surface area (Å²) >= 11 is 0. The van der Waals surface area contributed by atoms with Gasteiger partial charge in [-0.05, 0) is 35.7 Å². The number of rotatable bonds is 4. The highest BCUT2D eigenvalue weighted by Crippen LogP contribution is 2.39. The fourth-order valence-electron chi connectivity index (χ4n) is 4.15. The van der Waals surface area contributed by atoms with E-state index in [1.807, 2.05) is 60.7 Å². The zero-order valence-electron chi connectivity index (χ0n) is 17.6. The topological polar surface area (TPSA) is 46.2 Å². The number of carbonyl (C=O) groups is 2. The molecule has 0 aromatic heterocycles. The Morgan fingerprint density at radius 3 is 1.66 bits per heavy atom. The van der Waals surface area contributed by atoms with Crippen molar-refractivity contribution in [2.75, 3.05) is 5.32 Å². The van der Waals surface area contributed by atoms with Crippen LogP contribution >= 0.6 is 0 Å². The van der Waals surface area contributed by atoms with Gasteiger partial charge in [-0.15, -0.1) is 0 Å². The largest absolute Gasteiger partial charge is 0.351 e. The number of hydrogen-bond donors (Lipinski definition) is 1. The molecule has 154 valence electrons. The summed E-state index contributed by atoms with van der Waals surface area (Å²) in [6.45, 7) is 2.06. The maximum absolute atomic E-state index is 13.2. The van der Waals surface area contributed by atoms with Gasteiger partial charge in [-0.1, -0.05) is 84.9 Å². The first-order valence-corrected chi connectivity index (χ1v) is 10.5. The molecule has 0 spiro atoms. The van der Waals surface area contributed by atoms with Crippen molar-refractivity contribution in [3.63, 3.8) is 0 Å². The molecule has 5 rings (SSSR count). The fourth-order valence-corrected chi connectivity index (χ4v) is 4.15. The van der Waals surface area contributed by atoms with Gasteiger partial charge in [0.25, 0.3) is 0 Å². The minimum absolute atomic E-state index is 0.169. The molecule has 0 radical (unpaired) electrons. The number of fused-ring (bicyclic) bond motifs is 1. The van der Waals surface area contributed by atoms with Crippen LogP contribution in [0.4, 0.5) is 5.69 Å². The van der Waals surface area contributed by atoms with E-state index in [9.17, 15) is 9.59 Å². The van der Waals surface area contributed by atoms with E-state index in [-0.39, 0.29) is 17.3 Å². The molecule has 0 unspecified atom stereocenters. The lowest BCUT2D eigenvalue weighted by molar-refractivity contribution is 0.0985. The zero-order chi connectivity index (χ0) is 22.1. The van der Waals surface area contributed by atoms with Gasteiger partial charge in [0.05, 0.1) is 11.4 Å². The van der Waals surface area contributed by atoms with Crippen LogP contribution in [-0.4, -0.2) is 11.6 Å². The molecule has 0 saturated carbocycles. The average Bonchev–Trinajstić information content (AvgIpc) is 2.84. The van der Waals surface area contributed by atoms with E-state index in [0.29, 0.717) is 11.1 Å². The summed E-state index contributed by atoms with van der Waals surface area (Å²) < 4.78 is 0. The molecule has 1 aliphatic rings. The second-order valence-electron chi connectivity index (χ2n) is 7.89. The predicted molar refractivity (Wildman–Crippen MR) is 129 cm³/mol. The first-order valence-electron chi connectivity index (χ1n) is 10.5. The molecule has 0 bridgehead atoms. The standard InChI is InChI=1S/C29H21NO2/c1-19-16-24(20-10-4-2-5-11-20)28(25(17-19)21-12-6-3-7-13-21)30-26-18-27(31)22-14-8-9-15-23(22)29(26)32/h2-18,30H,1H3. The number of ketones is 2. The van der Waals surface area contributed by atoms with E-state index >= 15 is 0 Å². The minimum atomic E-state index is -0.182. The van der Waals surface area contributed by atoms with E-state index in [1.165, 1.54) is 6.08 Å². The van der Waals surface area contributed by atoms with Gasteiger partial charge in [0.1, 0.15) is 0 Å². The van der Waals surface area contributed by atoms with Gasteiger partial charge in [0.2, 0.25) is 5.78 Å². The summed E-state index contributed by atoms with van der Waals surface area (Å²) in [6, 6.07) is 31.3. The molecular weight excluding hydrogens is 394 g/mol. The molecular formula is C29H21NO2. The second-order valence-corrected chi connectivity index (χ2v) is 7.89. The minimum Gasteiger partial charge on any atom is -0.351 e. The Morgan fingerprint density at radius 2 is 1.09 bits per heavy atom. The highest BCUT2D eigenvalue weighted by Gasteiger charge is 2.26. The fraction of sp³-hybridized carbons (Fsp3) is 0.0345. The number of hydrogen-bond acceptors (Lipinski definition) is 3. The summed E-state index contributed by atoms with van der Waals surface area (Å²) in [5.74, 6) is -0.351. The number of nitrogens with one attached hydrogen (secondary N) is 1. The van der Waals surface area contributed by atoms with Crippen LogP contribution < -0.4 is 5.32 Å². The number of anilines is 1. The third-order valence-electron chi connectivity index (χ3n) is 5.67. The number of carbonyl (C=O) groups excluding carboxylic acids is 2. The van der Waals surface area contributed by atoms with Crippen LogP contribution in [0.25, 0.3) is 22.3 Å². The first-order chi connectivity index (χ1) is 15.6. The molecule has 4 aromatic rings. The molecule has 3 heteroatoms. The van der Waals surface area contributed by atoms with Crippen LogP contribution in [0.15, 0.2) is 109 Å². The van der Waals surface area contributed by atoms with E-state index in [1.54, 1.807) is 24.3 Å². The van der Waals surface area contributed by atoms with Crippen LogP contribution in [0.2, 0.25) is 0 Å². The number of aryl methyl sites for hydroxylation is 1. The third kappa shape index (κ3) is 3.54. The highest BCUT2D eigenvalue weighted by molar-refractivity contribution is 6.25. The number of allylic oxidation sites excluding steroid dienone is 2. The molecule has 0 aliphatic heterocycles. The molecule has 0 saturated heterocycles. The van der Waals surface area contributed by atoms with Gasteiger partial charge < -0.3 is 5.32 Å². The monoisotopic (exact) mass is 415 g/mol. The van der Waals surface area contributed by atoms with Crippen molar-refractivity contribution in [2.45, 2.75) is 6.92 Å². The molecule has 4 aromatic carbocycles.